The van der Waals surface area contributed by atoms with Crippen molar-refractivity contribution in [2.45, 2.75) is 39.4 Å². The van der Waals surface area contributed by atoms with Gasteiger partial charge in [-0.3, -0.25) is 9.69 Å². The zero-order valence-corrected chi connectivity index (χ0v) is 18.6. The monoisotopic (exact) mass is 409 g/mol. The van der Waals surface area contributed by atoms with Gasteiger partial charge in [0, 0.05) is 41.5 Å². The van der Waals surface area contributed by atoms with E-state index in [9.17, 15) is 4.79 Å². The minimum atomic E-state index is -0.124. The van der Waals surface area contributed by atoms with Crippen molar-refractivity contribution < 1.29 is 14.3 Å². The zero-order chi connectivity index (χ0) is 21.8. The van der Waals surface area contributed by atoms with E-state index in [1.807, 2.05) is 19.1 Å². The average molecular weight is 410 g/mol. The average Bonchev–Trinajstić information content (AvgIpc) is 3.02. The number of carbonyl (C=O) groups is 1. The molecule has 1 amide bonds. The zero-order valence-electron chi connectivity index (χ0n) is 18.6. The van der Waals surface area contributed by atoms with Crippen molar-refractivity contribution >= 4 is 22.9 Å². The number of anilines is 2. The molecule has 6 nitrogen and oxygen atoms in total. The Bertz CT molecular complexity index is 935. The second kappa shape index (κ2) is 9.22. The van der Waals surface area contributed by atoms with Crippen molar-refractivity contribution in [3.05, 3.63) is 53.6 Å². The molecular weight excluding hydrogens is 378 g/mol. The Hall–Kier alpha value is -2.99. The fourth-order valence-corrected chi connectivity index (χ4v) is 3.41. The Morgan fingerprint density at radius 3 is 2.30 bits per heavy atom. The Labute approximate surface area is 178 Å². The first kappa shape index (κ1) is 21.7. The number of nitrogens with one attached hydrogen (secondary N) is 2. The van der Waals surface area contributed by atoms with Gasteiger partial charge in [0.2, 0.25) is 0 Å². The van der Waals surface area contributed by atoms with Crippen molar-refractivity contribution in [1.82, 2.24) is 4.90 Å². The summed E-state index contributed by atoms with van der Waals surface area (Å²) in [5.41, 5.74) is 4.46. The number of carbonyl (C=O) groups excluding carboxylic acids is 1. The maximum absolute atomic E-state index is 12.5. The Morgan fingerprint density at radius 1 is 1.07 bits per heavy atom. The van der Waals surface area contributed by atoms with E-state index in [2.05, 4.69) is 60.7 Å². The molecule has 1 aliphatic heterocycles. The summed E-state index contributed by atoms with van der Waals surface area (Å²) in [5, 5.41) is 6.35. The van der Waals surface area contributed by atoms with Gasteiger partial charge in [-0.05, 0) is 57.7 Å². The molecule has 0 spiro atoms. The number of methoxy groups -OCH3 is 2. The fourth-order valence-electron chi connectivity index (χ4n) is 3.41. The van der Waals surface area contributed by atoms with Crippen LogP contribution in [0.4, 0.5) is 11.4 Å². The minimum absolute atomic E-state index is 0.0333. The smallest absolute Gasteiger partial charge is 0.256 e. The van der Waals surface area contributed by atoms with E-state index in [0.717, 1.165) is 23.5 Å². The van der Waals surface area contributed by atoms with Crippen LogP contribution in [-0.2, 0) is 11.3 Å². The molecule has 3 rings (SSSR count). The van der Waals surface area contributed by atoms with Gasteiger partial charge in [0.25, 0.3) is 5.91 Å². The van der Waals surface area contributed by atoms with Crippen molar-refractivity contribution in [3.63, 3.8) is 0 Å². The highest BCUT2D eigenvalue weighted by Gasteiger charge is 2.27. The number of hydrogen-bond donors (Lipinski definition) is 2. The van der Waals surface area contributed by atoms with Crippen LogP contribution in [0.3, 0.4) is 0 Å². The quantitative estimate of drug-likeness (QED) is 0.634. The van der Waals surface area contributed by atoms with E-state index in [0.29, 0.717) is 23.1 Å². The molecule has 1 atom stereocenters. The summed E-state index contributed by atoms with van der Waals surface area (Å²) in [6.07, 6.45) is 1.94. The van der Waals surface area contributed by atoms with E-state index in [4.69, 9.17) is 9.47 Å². The molecule has 2 aromatic carbocycles. The lowest BCUT2D eigenvalue weighted by atomic mass is 10.0. The van der Waals surface area contributed by atoms with Gasteiger partial charge in [0.05, 0.1) is 19.9 Å². The number of benzene rings is 2. The van der Waals surface area contributed by atoms with Crippen LogP contribution in [0.2, 0.25) is 0 Å². The highest BCUT2D eigenvalue weighted by Crippen LogP contribution is 2.40. The molecular formula is C24H31N3O3. The third kappa shape index (κ3) is 4.76. The first-order valence-corrected chi connectivity index (χ1v) is 10.2. The lowest BCUT2D eigenvalue weighted by molar-refractivity contribution is -0.110. The molecule has 30 heavy (non-hydrogen) atoms. The molecule has 2 N–H and O–H groups in total. The van der Waals surface area contributed by atoms with Crippen LogP contribution >= 0.6 is 0 Å². The molecule has 0 bridgehead atoms. The molecule has 0 radical (unpaired) electrons. The summed E-state index contributed by atoms with van der Waals surface area (Å²) >= 11 is 0. The molecule has 1 aliphatic rings. The van der Waals surface area contributed by atoms with Crippen LogP contribution in [0.25, 0.3) is 5.57 Å². The maximum Gasteiger partial charge on any atom is 0.256 e. The van der Waals surface area contributed by atoms with Crippen LogP contribution in [-0.4, -0.2) is 44.2 Å². The summed E-state index contributed by atoms with van der Waals surface area (Å²) in [5.74, 6) is 1.06. The van der Waals surface area contributed by atoms with Crippen LogP contribution in [0.5, 0.6) is 11.5 Å². The predicted molar refractivity (Wildman–Crippen MR) is 122 cm³/mol. The third-order valence-electron chi connectivity index (χ3n) is 5.39. The molecule has 6 heteroatoms. The number of hydrogen-bond acceptors (Lipinski definition) is 5. The minimum Gasteiger partial charge on any atom is -0.493 e. The number of ether oxygens (including phenoxy) is 2. The number of nitrogens with zero attached hydrogens (tertiary/aromatic N) is 1. The first-order chi connectivity index (χ1) is 14.3. The number of amides is 1. The highest BCUT2D eigenvalue weighted by molar-refractivity contribution is 6.31. The standard InChI is InChI=1S/C24H31N3O3/c1-15(2)27(4)14-17-7-9-18(10-8-17)25-16(3)11-20-19-12-22(29-5)23(30-6)13-21(19)26-24(20)28/h7-13,15-16,25H,14H2,1-6H3,(H,26,28). The van der Waals surface area contributed by atoms with Crippen molar-refractivity contribution in [3.8, 4) is 11.5 Å². The van der Waals surface area contributed by atoms with Gasteiger partial charge in [-0.15, -0.1) is 0 Å². The maximum atomic E-state index is 12.5. The Morgan fingerprint density at radius 2 is 1.70 bits per heavy atom. The Kier molecular flexibility index (Phi) is 6.67. The van der Waals surface area contributed by atoms with E-state index in [1.54, 1.807) is 20.3 Å². The second-order valence-electron chi connectivity index (χ2n) is 7.93. The molecule has 0 fully saturated rings. The highest BCUT2D eigenvalue weighted by atomic mass is 16.5. The molecule has 0 aromatic heterocycles. The lowest BCUT2D eigenvalue weighted by Gasteiger charge is -2.21. The van der Waals surface area contributed by atoms with Crippen molar-refractivity contribution in [2.24, 2.45) is 0 Å². The largest absolute Gasteiger partial charge is 0.493 e. The van der Waals surface area contributed by atoms with Gasteiger partial charge in [0.1, 0.15) is 0 Å². The summed E-state index contributed by atoms with van der Waals surface area (Å²) in [6.45, 7) is 7.32. The Balaban J connectivity index is 1.74. The van der Waals surface area contributed by atoms with Gasteiger partial charge in [-0.1, -0.05) is 12.1 Å². The number of rotatable bonds is 8. The van der Waals surface area contributed by atoms with E-state index < -0.39 is 0 Å². The summed E-state index contributed by atoms with van der Waals surface area (Å²) < 4.78 is 10.7. The fraction of sp³-hybridized carbons (Fsp3) is 0.375. The van der Waals surface area contributed by atoms with E-state index >= 15 is 0 Å². The van der Waals surface area contributed by atoms with E-state index in [-0.39, 0.29) is 11.9 Å². The molecule has 1 unspecified atom stereocenters. The predicted octanol–water partition coefficient (Wildman–Crippen LogP) is 4.38. The van der Waals surface area contributed by atoms with Gasteiger partial charge in [-0.2, -0.15) is 0 Å². The third-order valence-corrected chi connectivity index (χ3v) is 5.39. The van der Waals surface area contributed by atoms with E-state index in [1.165, 1.54) is 5.56 Å². The first-order valence-electron chi connectivity index (χ1n) is 10.2. The van der Waals surface area contributed by atoms with Crippen LogP contribution in [0, 0.1) is 0 Å². The SMILES string of the molecule is COc1cc2c(cc1OC)C(=CC(C)Nc1ccc(CN(C)C(C)C)cc1)C(=O)N2. The normalized spacial score (nSPS) is 15.3. The summed E-state index contributed by atoms with van der Waals surface area (Å²) in [4.78, 5) is 14.8. The van der Waals surface area contributed by atoms with Gasteiger partial charge in [0.15, 0.2) is 11.5 Å². The van der Waals surface area contributed by atoms with Gasteiger partial charge >= 0.3 is 0 Å². The number of fused-ring (bicyclic) bond motifs is 1. The molecule has 0 saturated carbocycles. The van der Waals surface area contributed by atoms with Crippen LogP contribution in [0.1, 0.15) is 31.9 Å². The van der Waals surface area contributed by atoms with Gasteiger partial charge < -0.3 is 20.1 Å². The molecule has 160 valence electrons. The van der Waals surface area contributed by atoms with Crippen molar-refractivity contribution in [2.75, 3.05) is 31.9 Å². The summed E-state index contributed by atoms with van der Waals surface area (Å²) in [6, 6.07) is 12.5. The van der Waals surface area contributed by atoms with Crippen LogP contribution in [0.15, 0.2) is 42.5 Å². The molecule has 1 heterocycles. The topological polar surface area (TPSA) is 62.8 Å². The molecule has 2 aromatic rings. The lowest BCUT2D eigenvalue weighted by Crippen LogP contribution is -2.25. The second-order valence-corrected chi connectivity index (χ2v) is 7.93. The van der Waals surface area contributed by atoms with Crippen LogP contribution < -0.4 is 20.1 Å². The molecule has 0 saturated heterocycles. The summed E-state index contributed by atoms with van der Waals surface area (Å²) in [7, 11) is 5.29. The molecule has 0 aliphatic carbocycles. The van der Waals surface area contributed by atoms with Crippen molar-refractivity contribution in [1.29, 1.82) is 0 Å². The van der Waals surface area contributed by atoms with Gasteiger partial charge in [-0.25, -0.2) is 0 Å².